The Balaban J connectivity index is 0.00000123. The molecule has 7 nitrogen and oxygen atoms in total. The highest BCUT2D eigenvalue weighted by Gasteiger charge is 2.32. The van der Waals surface area contributed by atoms with Crippen LogP contribution in [-0.4, -0.2) is 52.9 Å². The summed E-state index contributed by atoms with van der Waals surface area (Å²) in [7, 11) is 0. The molecule has 1 aromatic carbocycles. The lowest BCUT2D eigenvalue weighted by Gasteiger charge is -2.34. The number of nitrogens with zero attached hydrogens (tertiary/aromatic N) is 1. The number of benzene rings is 1. The van der Waals surface area contributed by atoms with E-state index in [1.165, 1.54) is 35.6 Å². The van der Waals surface area contributed by atoms with E-state index in [-0.39, 0.29) is 28.8 Å². The van der Waals surface area contributed by atoms with Crippen LogP contribution in [0.1, 0.15) is 81.0 Å². The third-order valence-electron chi connectivity index (χ3n) is 9.60. The maximum absolute atomic E-state index is 13.7. The Morgan fingerprint density at radius 1 is 1.11 bits per heavy atom. The molecule has 0 bridgehead atoms. The van der Waals surface area contributed by atoms with Gasteiger partial charge in [0, 0.05) is 42.8 Å². The van der Waals surface area contributed by atoms with Gasteiger partial charge >= 0.3 is 0 Å². The SMILES string of the molecule is CC(C)(C)[C@H]1CCc2nc3c(cc2C1)C=C(C(=O)C[C@H](CC[NH+]1CC(O)C1)c1ccc(-c2ccc(=O)[nH]c2)cc1)C3.CC=O. The molecule has 7 heteroatoms. The van der Waals surface area contributed by atoms with Gasteiger partial charge in [-0.1, -0.05) is 45.0 Å². The number of aliphatic hydroxyl groups is 1. The summed E-state index contributed by atoms with van der Waals surface area (Å²) in [6.45, 7) is 11.0. The Kier molecular flexibility index (Phi) is 9.76. The fourth-order valence-corrected chi connectivity index (χ4v) is 6.80. The van der Waals surface area contributed by atoms with E-state index in [1.54, 1.807) is 6.20 Å². The Morgan fingerprint density at radius 2 is 1.82 bits per heavy atom. The summed E-state index contributed by atoms with van der Waals surface area (Å²) >= 11 is 0. The number of carbonyl (C=O) groups is 2. The molecule has 2 aromatic heterocycles. The lowest BCUT2D eigenvalue weighted by atomic mass is 9.71. The number of aromatic amines is 1. The second-order valence-electron chi connectivity index (χ2n) is 13.8. The first kappa shape index (κ1) is 31.7. The van der Waals surface area contributed by atoms with Crippen molar-refractivity contribution in [2.75, 3.05) is 19.6 Å². The van der Waals surface area contributed by atoms with Gasteiger partial charge in [-0.05, 0) is 89.5 Å². The number of aryl methyl sites for hydroxylation is 1. The molecule has 0 amide bonds. The number of hydrogen-bond acceptors (Lipinski definition) is 5. The van der Waals surface area contributed by atoms with Gasteiger partial charge in [0.1, 0.15) is 19.4 Å². The van der Waals surface area contributed by atoms with Crippen LogP contribution in [-0.2, 0) is 28.9 Å². The first-order valence-electron chi connectivity index (χ1n) is 16.0. The van der Waals surface area contributed by atoms with Crippen molar-refractivity contribution in [1.82, 2.24) is 9.97 Å². The van der Waals surface area contributed by atoms with Crippen molar-refractivity contribution in [3.63, 3.8) is 0 Å². The summed E-state index contributed by atoms with van der Waals surface area (Å²) in [6, 6.07) is 14.1. The lowest BCUT2D eigenvalue weighted by molar-refractivity contribution is -0.949. The van der Waals surface area contributed by atoms with Crippen LogP contribution in [0.5, 0.6) is 0 Å². The molecule has 6 rings (SSSR count). The summed E-state index contributed by atoms with van der Waals surface area (Å²) in [4.78, 5) is 43.2. The largest absolute Gasteiger partial charge is 0.382 e. The molecule has 0 unspecified atom stereocenters. The highest BCUT2D eigenvalue weighted by Crippen LogP contribution is 2.39. The van der Waals surface area contributed by atoms with Crippen LogP contribution >= 0.6 is 0 Å². The van der Waals surface area contributed by atoms with E-state index in [2.05, 4.69) is 62.2 Å². The van der Waals surface area contributed by atoms with Crippen LogP contribution in [0.25, 0.3) is 17.2 Å². The molecule has 3 aliphatic rings. The molecule has 0 spiro atoms. The third-order valence-corrected chi connectivity index (χ3v) is 9.60. The molecule has 232 valence electrons. The molecule has 0 saturated carbocycles. The predicted octanol–water partition coefficient (Wildman–Crippen LogP) is 4.13. The molecule has 1 fully saturated rings. The van der Waals surface area contributed by atoms with Crippen LogP contribution in [0, 0.1) is 11.3 Å². The Labute approximate surface area is 260 Å². The van der Waals surface area contributed by atoms with Crippen molar-refractivity contribution in [3.8, 4) is 11.1 Å². The lowest BCUT2D eigenvalue weighted by Crippen LogP contribution is -3.21. The quantitative estimate of drug-likeness (QED) is 0.340. The number of quaternary nitrogens is 1. The highest BCUT2D eigenvalue weighted by molar-refractivity contribution is 6.02. The van der Waals surface area contributed by atoms with Gasteiger partial charge in [-0.3, -0.25) is 14.6 Å². The van der Waals surface area contributed by atoms with Crippen LogP contribution in [0.4, 0.5) is 0 Å². The molecule has 3 heterocycles. The summed E-state index contributed by atoms with van der Waals surface area (Å²) in [5.41, 5.74) is 8.97. The number of carbonyl (C=O) groups excluding carboxylic acids is 2. The Hall–Kier alpha value is -3.68. The number of ketones is 1. The smallest absolute Gasteiger partial charge is 0.247 e. The first-order valence-corrected chi connectivity index (χ1v) is 16.0. The number of aliphatic hydroxyl groups excluding tert-OH is 1. The first-order chi connectivity index (χ1) is 21.0. The van der Waals surface area contributed by atoms with Gasteiger partial charge in [-0.15, -0.1) is 0 Å². The number of aldehydes is 1. The van der Waals surface area contributed by atoms with Crippen molar-refractivity contribution in [2.24, 2.45) is 11.3 Å². The molecule has 2 atom stereocenters. The Bertz CT molecular complexity index is 1560. The number of allylic oxidation sites excluding steroid dienone is 1. The van der Waals surface area contributed by atoms with Crippen LogP contribution in [0.2, 0.25) is 0 Å². The van der Waals surface area contributed by atoms with E-state index in [0.29, 0.717) is 18.8 Å². The van der Waals surface area contributed by atoms with E-state index in [1.807, 2.05) is 6.07 Å². The molecule has 2 aliphatic carbocycles. The zero-order valence-corrected chi connectivity index (χ0v) is 26.5. The normalized spacial score (nSPS) is 21.1. The average molecular weight is 597 g/mol. The van der Waals surface area contributed by atoms with E-state index in [9.17, 15) is 14.7 Å². The average Bonchev–Trinajstić information content (AvgIpc) is 3.40. The monoisotopic (exact) mass is 596 g/mol. The number of aromatic nitrogens is 2. The maximum atomic E-state index is 13.7. The van der Waals surface area contributed by atoms with Gasteiger partial charge in [0.05, 0.1) is 12.2 Å². The van der Waals surface area contributed by atoms with E-state index in [4.69, 9.17) is 9.78 Å². The fraction of sp³-hybridized carbons (Fsp3) is 0.459. The Morgan fingerprint density at radius 3 is 2.45 bits per heavy atom. The minimum atomic E-state index is -0.194. The van der Waals surface area contributed by atoms with E-state index < -0.39 is 0 Å². The maximum Gasteiger partial charge on any atom is 0.247 e. The van der Waals surface area contributed by atoms with Crippen LogP contribution in [0.3, 0.4) is 0 Å². The van der Waals surface area contributed by atoms with Crippen LogP contribution in [0.15, 0.2) is 59.0 Å². The van der Waals surface area contributed by atoms with Crippen molar-refractivity contribution in [1.29, 1.82) is 0 Å². The number of likely N-dealkylation sites (tertiary alicyclic amines) is 1. The number of H-pyrrole nitrogens is 1. The van der Waals surface area contributed by atoms with Crippen molar-refractivity contribution < 1.29 is 19.6 Å². The third kappa shape index (κ3) is 7.51. The zero-order valence-electron chi connectivity index (χ0n) is 26.5. The fourth-order valence-electron chi connectivity index (χ4n) is 6.80. The minimum Gasteiger partial charge on any atom is -0.382 e. The molecule has 0 radical (unpaired) electrons. The summed E-state index contributed by atoms with van der Waals surface area (Å²) in [5, 5.41) is 9.75. The standard InChI is InChI=1S/C35H41N3O3.C2H4O/c1-35(2,3)29-9-10-31-27(16-29)14-26-15-28(17-32(26)37-31)33(40)18-24(12-13-38-20-30(39)21-38)22-4-6-23(7-5-22)25-8-11-34(41)36-19-25;1-2-3/h4-8,11,14-15,19,24,29-30,39H,9-10,12-13,16-18,20-21H2,1-3H3,(H,36,41);2H,1H3/p+1/t24-,29-;/m0./s1. The summed E-state index contributed by atoms with van der Waals surface area (Å²) < 4.78 is 0. The van der Waals surface area contributed by atoms with E-state index in [0.717, 1.165) is 78.7 Å². The van der Waals surface area contributed by atoms with Gasteiger partial charge in [0.15, 0.2) is 11.9 Å². The number of hydrogen-bond donors (Lipinski definition) is 3. The zero-order chi connectivity index (χ0) is 31.4. The van der Waals surface area contributed by atoms with Gasteiger partial charge in [0.2, 0.25) is 5.56 Å². The second kappa shape index (κ2) is 13.5. The van der Waals surface area contributed by atoms with Gasteiger partial charge in [0.25, 0.3) is 0 Å². The summed E-state index contributed by atoms with van der Waals surface area (Å²) in [5.74, 6) is 0.977. The second-order valence-corrected chi connectivity index (χ2v) is 13.8. The number of pyridine rings is 2. The van der Waals surface area contributed by atoms with Crippen molar-refractivity contribution in [3.05, 3.63) is 92.7 Å². The molecular weight excluding hydrogens is 550 g/mol. The molecule has 3 aromatic rings. The van der Waals surface area contributed by atoms with Gasteiger partial charge < -0.3 is 19.8 Å². The van der Waals surface area contributed by atoms with E-state index >= 15 is 0 Å². The molecule has 44 heavy (non-hydrogen) atoms. The van der Waals surface area contributed by atoms with Crippen molar-refractivity contribution in [2.45, 2.75) is 78.2 Å². The van der Waals surface area contributed by atoms with Gasteiger partial charge in [-0.2, -0.15) is 0 Å². The molecule has 3 N–H and O–H groups in total. The molecular formula is C37H46N3O4+. The highest BCUT2D eigenvalue weighted by atomic mass is 16.3. The molecule has 1 aliphatic heterocycles. The number of Topliss-reactive ketones (excluding diaryl/α,β-unsaturated/α-hetero) is 1. The molecule has 1 saturated heterocycles. The topological polar surface area (TPSA) is 105 Å². The van der Waals surface area contributed by atoms with Crippen LogP contribution < -0.4 is 10.5 Å². The number of rotatable bonds is 8. The summed E-state index contributed by atoms with van der Waals surface area (Å²) in [6.07, 6.45) is 9.66. The van der Waals surface area contributed by atoms with Crippen molar-refractivity contribution >= 4 is 18.1 Å². The number of fused-ring (bicyclic) bond motifs is 2. The van der Waals surface area contributed by atoms with Gasteiger partial charge in [-0.25, -0.2) is 0 Å². The predicted molar refractivity (Wildman–Crippen MR) is 174 cm³/mol. The number of nitrogens with one attached hydrogen (secondary N) is 2. The minimum absolute atomic E-state index is 0.107.